The molecule has 1 aliphatic rings. The molecule has 106 valence electrons. The van der Waals surface area contributed by atoms with Crippen LogP contribution >= 0.6 is 24.0 Å². The highest BCUT2D eigenvalue weighted by atomic mass is 32.2. The van der Waals surface area contributed by atoms with Crippen LogP contribution in [0.25, 0.3) is 6.08 Å². The van der Waals surface area contributed by atoms with E-state index in [0.717, 1.165) is 22.4 Å². The number of carbonyl (C=O) groups excluding carboxylic acids is 1. The van der Waals surface area contributed by atoms with E-state index in [4.69, 9.17) is 17.0 Å². The average molecular weight is 307 g/mol. The molecule has 1 aromatic rings. The van der Waals surface area contributed by atoms with Gasteiger partial charge in [0.15, 0.2) is 0 Å². The van der Waals surface area contributed by atoms with Crippen LogP contribution in [-0.2, 0) is 4.79 Å². The number of nitrogens with one attached hydrogen (secondary N) is 1. The Morgan fingerprint density at radius 1 is 1.40 bits per heavy atom. The first-order valence-electron chi connectivity index (χ1n) is 6.35. The van der Waals surface area contributed by atoms with Crippen molar-refractivity contribution in [2.45, 2.75) is 26.7 Å². The van der Waals surface area contributed by atoms with Gasteiger partial charge >= 0.3 is 0 Å². The van der Waals surface area contributed by atoms with Gasteiger partial charge in [0, 0.05) is 0 Å². The Balaban J connectivity index is 2.47. The quantitative estimate of drug-likeness (QED) is 0.684. The van der Waals surface area contributed by atoms with Gasteiger partial charge in [-0.15, -0.1) is 0 Å². The predicted octanol–water partition coefficient (Wildman–Crippen LogP) is 3.62. The van der Waals surface area contributed by atoms with E-state index >= 15 is 0 Å². The maximum Gasteiger partial charge on any atom is 0.263 e. The number of thioether (sulfide) groups is 1. The first-order chi connectivity index (χ1) is 9.42. The zero-order valence-corrected chi connectivity index (χ0v) is 13.6. The van der Waals surface area contributed by atoms with E-state index in [1.54, 1.807) is 7.11 Å². The van der Waals surface area contributed by atoms with Gasteiger partial charge in [0.05, 0.1) is 12.0 Å². The topological polar surface area (TPSA) is 38.3 Å². The molecule has 0 aromatic heterocycles. The maximum absolute atomic E-state index is 11.7. The lowest BCUT2D eigenvalue weighted by atomic mass is 9.96. The van der Waals surface area contributed by atoms with Crippen molar-refractivity contribution in [1.82, 2.24) is 5.32 Å². The zero-order chi connectivity index (χ0) is 14.9. The van der Waals surface area contributed by atoms with Crippen LogP contribution in [0, 0.1) is 6.92 Å². The molecule has 1 N–H and O–H groups in total. The standard InChI is InChI=1S/C15H17NO2S2/c1-8(2)11-6-10(9(3)5-12(11)18-4)7-13-14(17)16-15(19)20-13/h5-8H,1-4H3,(H,16,17,19)/b13-7+. The van der Waals surface area contributed by atoms with Gasteiger partial charge in [-0.25, -0.2) is 0 Å². The van der Waals surface area contributed by atoms with Crippen LogP contribution in [0.1, 0.15) is 36.5 Å². The van der Waals surface area contributed by atoms with Crippen molar-refractivity contribution in [3.05, 3.63) is 33.7 Å². The minimum Gasteiger partial charge on any atom is -0.496 e. The molecule has 0 atom stereocenters. The van der Waals surface area contributed by atoms with E-state index < -0.39 is 0 Å². The molecule has 3 nitrogen and oxygen atoms in total. The molecule has 20 heavy (non-hydrogen) atoms. The highest BCUT2D eigenvalue weighted by Gasteiger charge is 2.22. The van der Waals surface area contributed by atoms with Crippen molar-refractivity contribution in [2.75, 3.05) is 7.11 Å². The molecule has 1 fully saturated rings. The number of ether oxygens (including phenoxy) is 1. The number of amides is 1. The molecule has 1 aromatic carbocycles. The zero-order valence-electron chi connectivity index (χ0n) is 11.9. The monoisotopic (exact) mass is 307 g/mol. The summed E-state index contributed by atoms with van der Waals surface area (Å²) in [5.74, 6) is 1.12. The minimum absolute atomic E-state index is 0.124. The molecular formula is C15H17NO2S2. The van der Waals surface area contributed by atoms with Crippen molar-refractivity contribution >= 4 is 40.3 Å². The number of aryl methyl sites for hydroxylation is 1. The molecular weight excluding hydrogens is 290 g/mol. The van der Waals surface area contributed by atoms with Crippen LogP contribution < -0.4 is 10.1 Å². The maximum atomic E-state index is 11.7. The van der Waals surface area contributed by atoms with E-state index in [1.165, 1.54) is 11.8 Å². The van der Waals surface area contributed by atoms with Crippen LogP contribution in [0.4, 0.5) is 0 Å². The second-order valence-electron chi connectivity index (χ2n) is 4.96. The summed E-state index contributed by atoms with van der Waals surface area (Å²) in [6.45, 7) is 6.25. The van der Waals surface area contributed by atoms with Crippen LogP contribution in [-0.4, -0.2) is 17.3 Å². The first-order valence-corrected chi connectivity index (χ1v) is 7.58. The Labute approximate surface area is 128 Å². The van der Waals surface area contributed by atoms with Crippen LogP contribution in [0.2, 0.25) is 0 Å². The molecule has 0 bridgehead atoms. The largest absolute Gasteiger partial charge is 0.496 e. The predicted molar refractivity (Wildman–Crippen MR) is 88.1 cm³/mol. The highest BCUT2D eigenvalue weighted by molar-refractivity contribution is 8.26. The Morgan fingerprint density at radius 3 is 2.60 bits per heavy atom. The molecule has 1 amide bonds. The van der Waals surface area contributed by atoms with E-state index in [-0.39, 0.29) is 5.91 Å². The van der Waals surface area contributed by atoms with Gasteiger partial charge in [-0.2, -0.15) is 0 Å². The Kier molecular flexibility index (Phi) is 4.50. The number of thiocarbonyl (C=S) groups is 1. The average Bonchev–Trinajstić information content (AvgIpc) is 2.69. The summed E-state index contributed by atoms with van der Waals surface area (Å²) in [5.41, 5.74) is 3.23. The highest BCUT2D eigenvalue weighted by Crippen LogP contribution is 2.32. The number of rotatable bonds is 3. The molecule has 2 rings (SSSR count). The minimum atomic E-state index is -0.124. The SMILES string of the molecule is COc1cc(C)c(/C=C2/SC(=S)NC2=O)cc1C(C)C. The smallest absolute Gasteiger partial charge is 0.263 e. The van der Waals surface area contributed by atoms with Gasteiger partial charge in [0.1, 0.15) is 10.1 Å². The summed E-state index contributed by atoms with van der Waals surface area (Å²) >= 11 is 6.30. The summed E-state index contributed by atoms with van der Waals surface area (Å²) < 4.78 is 5.94. The second kappa shape index (κ2) is 5.97. The normalized spacial score (nSPS) is 16.9. The van der Waals surface area contributed by atoms with E-state index in [0.29, 0.717) is 15.1 Å². The number of hydrogen-bond acceptors (Lipinski definition) is 4. The molecule has 0 unspecified atom stereocenters. The van der Waals surface area contributed by atoms with Crippen LogP contribution in [0.15, 0.2) is 17.0 Å². The number of hydrogen-bond donors (Lipinski definition) is 1. The molecule has 0 aliphatic carbocycles. The Morgan fingerprint density at radius 2 is 2.10 bits per heavy atom. The third-order valence-corrected chi connectivity index (χ3v) is 4.33. The summed E-state index contributed by atoms with van der Waals surface area (Å²) in [6.07, 6.45) is 1.89. The van der Waals surface area contributed by atoms with Crippen molar-refractivity contribution in [3.8, 4) is 5.75 Å². The fourth-order valence-corrected chi connectivity index (χ4v) is 3.10. The molecule has 0 spiro atoms. The summed E-state index contributed by atoms with van der Waals surface area (Å²) in [4.78, 5) is 12.4. The lowest BCUT2D eigenvalue weighted by Gasteiger charge is -2.14. The third-order valence-electron chi connectivity index (χ3n) is 3.17. The van der Waals surface area contributed by atoms with E-state index in [9.17, 15) is 4.79 Å². The molecule has 0 radical (unpaired) electrons. The lowest BCUT2D eigenvalue weighted by molar-refractivity contribution is -0.115. The molecule has 0 saturated carbocycles. The van der Waals surface area contributed by atoms with E-state index in [1.807, 2.05) is 19.1 Å². The number of methoxy groups -OCH3 is 1. The van der Waals surface area contributed by atoms with Gasteiger partial charge in [-0.1, -0.05) is 37.8 Å². The van der Waals surface area contributed by atoms with E-state index in [2.05, 4.69) is 25.2 Å². The Bertz CT molecular complexity index is 606. The molecule has 1 aliphatic heterocycles. The van der Waals surface area contributed by atoms with Gasteiger partial charge in [0.25, 0.3) is 5.91 Å². The lowest BCUT2D eigenvalue weighted by Crippen LogP contribution is -2.17. The number of carbonyl (C=O) groups is 1. The van der Waals surface area contributed by atoms with Crippen molar-refractivity contribution < 1.29 is 9.53 Å². The molecule has 1 heterocycles. The van der Waals surface area contributed by atoms with Crippen molar-refractivity contribution in [2.24, 2.45) is 0 Å². The molecule has 5 heteroatoms. The van der Waals surface area contributed by atoms with Gasteiger partial charge < -0.3 is 10.1 Å². The second-order valence-corrected chi connectivity index (χ2v) is 6.68. The summed E-state index contributed by atoms with van der Waals surface area (Å²) in [5, 5.41) is 2.63. The molecule has 1 saturated heterocycles. The summed E-state index contributed by atoms with van der Waals surface area (Å²) in [7, 11) is 1.68. The summed E-state index contributed by atoms with van der Waals surface area (Å²) in [6, 6.07) is 4.10. The third kappa shape index (κ3) is 3.04. The van der Waals surface area contributed by atoms with Crippen molar-refractivity contribution in [3.63, 3.8) is 0 Å². The van der Waals surface area contributed by atoms with Crippen molar-refractivity contribution in [1.29, 1.82) is 0 Å². The number of benzene rings is 1. The van der Waals surface area contributed by atoms with Crippen LogP contribution in [0.3, 0.4) is 0 Å². The van der Waals surface area contributed by atoms with Gasteiger partial charge in [-0.05, 0) is 47.7 Å². The van der Waals surface area contributed by atoms with Crippen LogP contribution in [0.5, 0.6) is 5.75 Å². The first kappa shape index (κ1) is 15.1. The fraction of sp³-hybridized carbons (Fsp3) is 0.333. The Hall–Kier alpha value is -1.33. The fourth-order valence-electron chi connectivity index (χ4n) is 2.06. The van der Waals surface area contributed by atoms with Gasteiger partial charge in [0.2, 0.25) is 0 Å². The van der Waals surface area contributed by atoms with Gasteiger partial charge in [-0.3, -0.25) is 4.79 Å².